The number of halogens is 1. The fourth-order valence-corrected chi connectivity index (χ4v) is 1.79. The highest BCUT2D eigenvalue weighted by Crippen LogP contribution is 2.26. The molecule has 0 bridgehead atoms. The molecule has 0 saturated carbocycles. The molecule has 1 unspecified atom stereocenters. The third-order valence-corrected chi connectivity index (χ3v) is 2.50. The van der Waals surface area contributed by atoms with Crippen LogP contribution in [0.25, 0.3) is 0 Å². The summed E-state index contributed by atoms with van der Waals surface area (Å²) in [7, 11) is 0. The van der Waals surface area contributed by atoms with Gasteiger partial charge in [-0.3, -0.25) is 0 Å². The van der Waals surface area contributed by atoms with Crippen molar-refractivity contribution in [2.24, 2.45) is 0 Å². The van der Waals surface area contributed by atoms with Crippen LogP contribution in [0.2, 0.25) is 5.02 Å². The van der Waals surface area contributed by atoms with E-state index in [1.165, 1.54) is 18.4 Å². The van der Waals surface area contributed by atoms with Crippen molar-refractivity contribution in [3.05, 3.63) is 34.9 Å². The maximum Gasteiger partial charge on any atom is 0.0440 e. The third-order valence-electron chi connectivity index (χ3n) is 2.16. The van der Waals surface area contributed by atoms with E-state index in [4.69, 9.17) is 11.6 Å². The van der Waals surface area contributed by atoms with Crippen LogP contribution in [0.15, 0.2) is 24.3 Å². The van der Waals surface area contributed by atoms with Crippen molar-refractivity contribution in [1.82, 2.24) is 0 Å². The molecule has 0 spiro atoms. The van der Waals surface area contributed by atoms with E-state index in [2.05, 4.69) is 19.9 Å². The highest BCUT2D eigenvalue weighted by molar-refractivity contribution is 6.31. The zero-order valence-electron chi connectivity index (χ0n) is 7.68. The van der Waals surface area contributed by atoms with Crippen molar-refractivity contribution >= 4 is 11.6 Å². The summed E-state index contributed by atoms with van der Waals surface area (Å²) in [5.74, 6) is 0.587. The quantitative estimate of drug-likeness (QED) is 0.656. The van der Waals surface area contributed by atoms with E-state index in [1.807, 2.05) is 18.2 Å². The maximum absolute atomic E-state index is 6.05. The van der Waals surface area contributed by atoms with Gasteiger partial charge in [0.05, 0.1) is 0 Å². The lowest BCUT2D eigenvalue weighted by atomic mass is 9.97. The van der Waals surface area contributed by atoms with Gasteiger partial charge in [-0.05, 0) is 24.0 Å². The normalized spacial score (nSPS) is 12.9. The standard InChI is InChI=1S/C11H15Cl/c1-3-6-9(2)10-7-4-5-8-11(10)12/h4-5,7-9H,3,6H2,1-2H3. The molecule has 12 heavy (non-hydrogen) atoms. The minimum Gasteiger partial charge on any atom is -0.0840 e. The van der Waals surface area contributed by atoms with Gasteiger partial charge in [0, 0.05) is 5.02 Å². The van der Waals surface area contributed by atoms with Gasteiger partial charge < -0.3 is 0 Å². The Hall–Kier alpha value is -0.490. The molecule has 0 aliphatic heterocycles. The minimum atomic E-state index is 0.587. The third kappa shape index (κ3) is 2.25. The number of hydrogen-bond donors (Lipinski definition) is 0. The summed E-state index contributed by atoms with van der Waals surface area (Å²) in [6.07, 6.45) is 2.43. The molecule has 1 heteroatoms. The van der Waals surface area contributed by atoms with Gasteiger partial charge in [0.1, 0.15) is 0 Å². The van der Waals surface area contributed by atoms with Crippen molar-refractivity contribution < 1.29 is 0 Å². The highest BCUT2D eigenvalue weighted by Gasteiger charge is 2.06. The van der Waals surface area contributed by atoms with Crippen LogP contribution in [0.1, 0.15) is 38.2 Å². The van der Waals surface area contributed by atoms with Crippen molar-refractivity contribution in [3.63, 3.8) is 0 Å². The Labute approximate surface area is 79.6 Å². The Kier molecular flexibility index (Phi) is 3.61. The van der Waals surface area contributed by atoms with Crippen LogP contribution in [0, 0.1) is 0 Å². The molecule has 0 amide bonds. The predicted molar refractivity (Wildman–Crippen MR) is 54.8 cm³/mol. The van der Waals surface area contributed by atoms with Crippen LogP contribution in [0.4, 0.5) is 0 Å². The average Bonchev–Trinajstić information content (AvgIpc) is 2.05. The first-order valence-corrected chi connectivity index (χ1v) is 4.88. The van der Waals surface area contributed by atoms with Gasteiger partial charge in [0.25, 0.3) is 0 Å². The zero-order valence-corrected chi connectivity index (χ0v) is 8.43. The Balaban J connectivity index is 2.79. The van der Waals surface area contributed by atoms with Gasteiger partial charge >= 0.3 is 0 Å². The first kappa shape index (κ1) is 9.60. The van der Waals surface area contributed by atoms with Gasteiger partial charge in [0.2, 0.25) is 0 Å². The van der Waals surface area contributed by atoms with Crippen LogP contribution < -0.4 is 0 Å². The average molecular weight is 183 g/mol. The summed E-state index contributed by atoms with van der Waals surface area (Å²) in [6.45, 7) is 4.43. The molecule has 1 aromatic carbocycles. The van der Waals surface area contributed by atoms with E-state index in [1.54, 1.807) is 0 Å². The molecule has 0 saturated heterocycles. The largest absolute Gasteiger partial charge is 0.0840 e. The Morgan fingerprint density at radius 3 is 2.58 bits per heavy atom. The molecule has 0 heterocycles. The van der Waals surface area contributed by atoms with Gasteiger partial charge in [-0.2, -0.15) is 0 Å². The molecule has 1 aromatic rings. The van der Waals surface area contributed by atoms with Gasteiger partial charge in [-0.1, -0.05) is 50.1 Å². The predicted octanol–water partition coefficient (Wildman–Crippen LogP) is 4.24. The van der Waals surface area contributed by atoms with Gasteiger partial charge in [0.15, 0.2) is 0 Å². The summed E-state index contributed by atoms with van der Waals surface area (Å²) in [6, 6.07) is 8.10. The van der Waals surface area contributed by atoms with E-state index in [-0.39, 0.29) is 0 Å². The van der Waals surface area contributed by atoms with Crippen LogP contribution in [-0.4, -0.2) is 0 Å². The molecule has 0 radical (unpaired) electrons. The summed E-state index contributed by atoms with van der Waals surface area (Å²) in [4.78, 5) is 0. The monoisotopic (exact) mass is 182 g/mol. The van der Waals surface area contributed by atoms with Gasteiger partial charge in [-0.15, -0.1) is 0 Å². The lowest BCUT2D eigenvalue weighted by Gasteiger charge is -2.11. The molecule has 0 aliphatic rings. The van der Waals surface area contributed by atoms with Gasteiger partial charge in [-0.25, -0.2) is 0 Å². The molecule has 0 nitrogen and oxygen atoms in total. The molecule has 0 aliphatic carbocycles. The first-order chi connectivity index (χ1) is 5.75. The topological polar surface area (TPSA) is 0 Å². The molecule has 1 atom stereocenters. The van der Waals surface area contributed by atoms with Crippen LogP contribution in [0.5, 0.6) is 0 Å². The second-order valence-electron chi connectivity index (χ2n) is 3.21. The lowest BCUT2D eigenvalue weighted by Crippen LogP contribution is -1.93. The van der Waals surface area contributed by atoms with E-state index in [9.17, 15) is 0 Å². The molecule has 0 aromatic heterocycles. The second kappa shape index (κ2) is 4.51. The number of benzene rings is 1. The summed E-state index contributed by atoms with van der Waals surface area (Å²) in [5.41, 5.74) is 1.28. The molecule has 1 rings (SSSR count). The van der Waals surface area contributed by atoms with E-state index < -0.39 is 0 Å². The molecule has 0 N–H and O–H groups in total. The van der Waals surface area contributed by atoms with Crippen molar-refractivity contribution in [2.45, 2.75) is 32.6 Å². The Bertz CT molecular complexity index is 243. The fourth-order valence-electron chi connectivity index (χ4n) is 1.46. The van der Waals surface area contributed by atoms with E-state index in [0.717, 1.165) is 5.02 Å². The van der Waals surface area contributed by atoms with Crippen LogP contribution >= 0.6 is 11.6 Å². The fraction of sp³-hybridized carbons (Fsp3) is 0.455. The first-order valence-electron chi connectivity index (χ1n) is 4.50. The SMILES string of the molecule is CCCC(C)c1ccccc1Cl. The van der Waals surface area contributed by atoms with Crippen molar-refractivity contribution in [1.29, 1.82) is 0 Å². The number of hydrogen-bond acceptors (Lipinski definition) is 0. The van der Waals surface area contributed by atoms with E-state index >= 15 is 0 Å². The second-order valence-corrected chi connectivity index (χ2v) is 3.62. The summed E-state index contributed by atoms with van der Waals surface area (Å²) in [5, 5.41) is 0.901. The van der Waals surface area contributed by atoms with E-state index in [0.29, 0.717) is 5.92 Å². The minimum absolute atomic E-state index is 0.587. The molecule has 0 fully saturated rings. The zero-order chi connectivity index (χ0) is 8.97. The highest BCUT2D eigenvalue weighted by atomic mass is 35.5. The smallest absolute Gasteiger partial charge is 0.0440 e. The lowest BCUT2D eigenvalue weighted by molar-refractivity contribution is 0.665. The number of rotatable bonds is 3. The van der Waals surface area contributed by atoms with Crippen molar-refractivity contribution in [3.8, 4) is 0 Å². The maximum atomic E-state index is 6.05. The van der Waals surface area contributed by atoms with Crippen LogP contribution in [-0.2, 0) is 0 Å². The van der Waals surface area contributed by atoms with Crippen molar-refractivity contribution in [2.75, 3.05) is 0 Å². The summed E-state index contributed by atoms with van der Waals surface area (Å²) < 4.78 is 0. The Morgan fingerprint density at radius 1 is 1.33 bits per heavy atom. The van der Waals surface area contributed by atoms with Crippen LogP contribution in [0.3, 0.4) is 0 Å². The molecular formula is C11H15Cl. The molecular weight excluding hydrogens is 168 g/mol. The Morgan fingerprint density at radius 2 is 2.00 bits per heavy atom. The molecule has 66 valence electrons. The summed E-state index contributed by atoms with van der Waals surface area (Å²) >= 11 is 6.05.